The first-order chi connectivity index (χ1) is 14.8. The first kappa shape index (κ1) is 20.0. The van der Waals surface area contributed by atoms with Crippen molar-refractivity contribution in [1.29, 1.82) is 0 Å². The number of nitrogens with zero attached hydrogens (tertiary/aromatic N) is 4. The third-order valence-corrected chi connectivity index (χ3v) is 9.22. The maximum atomic E-state index is 13.0. The maximum absolute atomic E-state index is 13.0. The predicted octanol–water partition coefficient (Wildman–Crippen LogP) is 1.99. The number of rotatable bonds is 4. The number of amides is 1. The van der Waals surface area contributed by atoms with Gasteiger partial charge in [-0.1, -0.05) is 0 Å². The Morgan fingerprint density at radius 3 is 2.84 bits per heavy atom. The summed E-state index contributed by atoms with van der Waals surface area (Å²) >= 11 is 0. The number of aryl methyl sites for hydroxylation is 2. The van der Waals surface area contributed by atoms with E-state index in [1.807, 2.05) is 42.9 Å². The van der Waals surface area contributed by atoms with Crippen LogP contribution in [-0.2, 0) is 16.9 Å². The average molecular weight is 441 g/mol. The van der Waals surface area contributed by atoms with Crippen molar-refractivity contribution in [1.82, 2.24) is 19.4 Å². The summed E-state index contributed by atoms with van der Waals surface area (Å²) in [4.78, 5) is 23.0. The molecule has 2 aliphatic heterocycles. The minimum absolute atomic E-state index is 0.119. The lowest BCUT2D eigenvalue weighted by atomic mass is 9.83. The molecule has 0 aliphatic carbocycles. The Hall–Kier alpha value is -2.94. The molecule has 162 valence electrons. The SMILES string of the molecule is Cc1ccnc(OC[C@@H]2CCS(=O)(=O)C23CN(C(=O)c2ccc4c(ccn4C)c2)C3)n1. The molecule has 0 radical (unpaired) electrons. The highest BCUT2D eigenvalue weighted by Crippen LogP contribution is 2.45. The van der Waals surface area contributed by atoms with Gasteiger partial charge in [0, 0.05) is 60.6 Å². The highest BCUT2D eigenvalue weighted by Gasteiger charge is 2.62. The summed E-state index contributed by atoms with van der Waals surface area (Å²) in [5, 5.41) is 0.988. The molecular weight excluding hydrogens is 416 g/mol. The third kappa shape index (κ3) is 3.18. The fraction of sp³-hybridized carbons (Fsp3) is 0.409. The molecule has 1 amide bonds. The number of benzene rings is 1. The van der Waals surface area contributed by atoms with Crippen molar-refractivity contribution < 1.29 is 17.9 Å². The van der Waals surface area contributed by atoms with Gasteiger partial charge in [-0.25, -0.2) is 18.4 Å². The zero-order chi connectivity index (χ0) is 21.8. The summed E-state index contributed by atoms with van der Waals surface area (Å²) in [5.41, 5.74) is 2.41. The first-order valence-electron chi connectivity index (χ1n) is 10.3. The number of sulfone groups is 1. The van der Waals surface area contributed by atoms with Gasteiger partial charge in [-0.15, -0.1) is 0 Å². The van der Waals surface area contributed by atoms with Crippen LogP contribution in [0, 0.1) is 12.8 Å². The summed E-state index contributed by atoms with van der Waals surface area (Å²) in [6.07, 6.45) is 4.09. The van der Waals surface area contributed by atoms with E-state index < -0.39 is 14.6 Å². The van der Waals surface area contributed by atoms with Gasteiger partial charge in [0.15, 0.2) is 9.84 Å². The van der Waals surface area contributed by atoms with Crippen LogP contribution in [0.1, 0.15) is 22.5 Å². The molecule has 1 aromatic carbocycles. The number of aromatic nitrogens is 3. The molecule has 0 N–H and O–H groups in total. The molecule has 1 spiro atoms. The molecule has 8 nitrogen and oxygen atoms in total. The van der Waals surface area contributed by atoms with E-state index in [9.17, 15) is 13.2 Å². The molecule has 0 bridgehead atoms. The summed E-state index contributed by atoms with van der Waals surface area (Å²) in [6, 6.07) is 9.57. The molecule has 0 unspecified atom stereocenters. The van der Waals surface area contributed by atoms with Gasteiger partial charge in [-0.05, 0) is 43.7 Å². The van der Waals surface area contributed by atoms with Gasteiger partial charge < -0.3 is 14.2 Å². The van der Waals surface area contributed by atoms with Crippen molar-refractivity contribution in [2.24, 2.45) is 13.0 Å². The molecule has 1 atom stereocenters. The zero-order valence-electron chi connectivity index (χ0n) is 17.5. The highest BCUT2D eigenvalue weighted by molar-refractivity contribution is 7.93. The topological polar surface area (TPSA) is 94.4 Å². The Morgan fingerprint density at radius 1 is 1.26 bits per heavy atom. The molecular formula is C22H24N4O4S. The van der Waals surface area contributed by atoms with Crippen LogP contribution >= 0.6 is 0 Å². The number of carbonyl (C=O) groups is 1. The van der Waals surface area contributed by atoms with Crippen LogP contribution in [0.3, 0.4) is 0 Å². The second-order valence-corrected chi connectivity index (χ2v) is 11.0. The van der Waals surface area contributed by atoms with Gasteiger partial charge in [0.2, 0.25) is 0 Å². The number of carbonyl (C=O) groups excluding carboxylic acids is 1. The van der Waals surface area contributed by atoms with Crippen LogP contribution in [0.5, 0.6) is 6.01 Å². The van der Waals surface area contributed by atoms with Gasteiger partial charge >= 0.3 is 6.01 Å². The van der Waals surface area contributed by atoms with Gasteiger partial charge in [0.25, 0.3) is 5.91 Å². The van der Waals surface area contributed by atoms with Crippen LogP contribution in [0.2, 0.25) is 0 Å². The molecule has 9 heteroatoms. The standard InChI is InChI=1S/C22H24N4O4S/c1-15-5-8-23-21(24-15)30-12-18-7-10-31(28,29)22(18)13-26(14-22)20(27)17-3-4-19-16(11-17)6-9-25(19)2/h3-6,8-9,11,18H,7,10,12-14H2,1-2H3/t18-/m0/s1. The van der Waals surface area contributed by atoms with E-state index in [-0.39, 0.29) is 43.3 Å². The smallest absolute Gasteiger partial charge is 0.316 e. The van der Waals surface area contributed by atoms with Gasteiger partial charge in [-0.3, -0.25) is 4.79 Å². The Bertz CT molecular complexity index is 1280. The van der Waals surface area contributed by atoms with Crippen molar-refractivity contribution in [3.8, 4) is 6.01 Å². The van der Waals surface area contributed by atoms with Crippen molar-refractivity contribution in [2.75, 3.05) is 25.4 Å². The van der Waals surface area contributed by atoms with Crippen molar-refractivity contribution >= 4 is 26.6 Å². The van der Waals surface area contributed by atoms with Crippen LogP contribution in [-0.4, -0.2) is 64.0 Å². The average Bonchev–Trinajstić information content (AvgIpc) is 3.21. The maximum Gasteiger partial charge on any atom is 0.316 e. The molecule has 2 fully saturated rings. The van der Waals surface area contributed by atoms with E-state index in [2.05, 4.69) is 9.97 Å². The first-order valence-corrected chi connectivity index (χ1v) is 11.9. The van der Waals surface area contributed by atoms with Crippen LogP contribution < -0.4 is 4.74 Å². The minimum Gasteiger partial charge on any atom is -0.463 e. The predicted molar refractivity (Wildman–Crippen MR) is 116 cm³/mol. The van der Waals surface area contributed by atoms with E-state index in [1.165, 1.54) is 0 Å². The lowest BCUT2D eigenvalue weighted by Crippen LogP contribution is -2.68. The normalized spacial score (nSPS) is 21.4. The van der Waals surface area contributed by atoms with Crippen LogP contribution in [0.15, 0.2) is 42.7 Å². The fourth-order valence-electron chi connectivity index (χ4n) is 4.72. The Labute approximate surface area is 180 Å². The minimum atomic E-state index is -3.31. The van der Waals surface area contributed by atoms with E-state index in [1.54, 1.807) is 23.2 Å². The lowest BCUT2D eigenvalue weighted by molar-refractivity contribution is 0.0403. The van der Waals surface area contributed by atoms with E-state index >= 15 is 0 Å². The zero-order valence-corrected chi connectivity index (χ0v) is 18.3. The monoisotopic (exact) mass is 440 g/mol. The number of ether oxygens (including phenoxy) is 1. The second-order valence-electron chi connectivity index (χ2n) is 8.52. The Morgan fingerprint density at radius 2 is 2.06 bits per heavy atom. The molecule has 0 saturated carbocycles. The molecule has 2 aliphatic rings. The molecule has 4 heterocycles. The van der Waals surface area contributed by atoms with Gasteiger partial charge in [0.05, 0.1) is 12.4 Å². The molecule has 5 rings (SSSR count). The summed E-state index contributed by atoms with van der Waals surface area (Å²) in [6.45, 7) is 2.46. The number of fused-ring (bicyclic) bond motifs is 1. The molecule has 3 aromatic rings. The lowest BCUT2D eigenvalue weighted by Gasteiger charge is -2.49. The van der Waals surface area contributed by atoms with Crippen molar-refractivity contribution in [3.05, 3.63) is 54.0 Å². The number of likely N-dealkylation sites (tertiary alicyclic amines) is 1. The number of hydrogen-bond acceptors (Lipinski definition) is 6. The van der Waals surface area contributed by atoms with E-state index in [0.717, 1.165) is 16.6 Å². The van der Waals surface area contributed by atoms with Gasteiger partial charge in [0.1, 0.15) is 4.75 Å². The molecule has 31 heavy (non-hydrogen) atoms. The third-order valence-electron chi connectivity index (χ3n) is 6.62. The largest absolute Gasteiger partial charge is 0.463 e. The molecule has 2 aromatic heterocycles. The fourth-order valence-corrected chi connectivity index (χ4v) is 7.12. The highest BCUT2D eigenvalue weighted by atomic mass is 32.2. The quantitative estimate of drug-likeness (QED) is 0.616. The Kier molecular flexibility index (Phi) is 4.55. The summed E-state index contributed by atoms with van der Waals surface area (Å²) < 4.78 is 32.6. The second kappa shape index (κ2) is 7.05. The summed E-state index contributed by atoms with van der Waals surface area (Å²) in [7, 11) is -1.35. The Balaban J connectivity index is 1.32. The number of hydrogen-bond donors (Lipinski definition) is 0. The van der Waals surface area contributed by atoms with Crippen molar-refractivity contribution in [3.63, 3.8) is 0 Å². The molecule has 2 saturated heterocycles. The van der Waals surface area contributed by atoms with Crippen molar-refractivity contribution in [2.45, 2.75) is 18.1 Å². The van der Waals surface area contributed by atoms with Crippen LogP contribution in [0.25, 0.3) is 10.9 Å². The van der Waals surface area contributed by atoms with Crippen LogP contribution in [0.4, 0.5) is 0 Å². The van der Waals surface area contributed by atoms with E-state index in [4.69, 9.17) is 4.74 Å². The van der Waals surface area contributed by atoms with Gasteiger partial charge in [-0.2, -0.15) is 0 Å². The van der Waals surface area contributed by atoms with E-state index in [0.29, 0.717) is 12.0 Å². The summed E-state index contributed by atoms with van der Waals surface area (Å²) in [5.74, 6) is -0.212.